The standard InChI is InChI=1S/C34H38F6N6O5/c1-5-23-16-25(29-26(6-7-28(44-29)50-4)46(23)32(49)51-18(2)3)43-31-41-17-27(45-10-8-20(9-11-45)30(47)48)24(42-31)14-19-12-21(33(35,36)37)15-22(13-19)34(38,39)40/h6-7,12-13,15,17-18,20,23,25H,5,8-11,14,16H2,1-4H3,(H,47,48)(H,41,42,43)/t23-,25+/m1/s1. The Balaban J connectivity index is 1.56. The largest absolute Gasteiger partial charge is 0.481 e. The van der Waals surface area contributed by atoms with Crippen LogP contribution in [0.2, 0.25) is 0 Å². The Hall–Kier alpha value is -4.83. The van der Waals surface area contributed by atoms with Gasteiger partial charge in [-0.15, -0.1) is 0 Å². The van der Waals surface area contributed by atoms with Crippen LogP contribution in [-0.4, -0.2) is 64.5 Å². The number of aliphatic carboxylic acids is 1. The van der Waals surface area contributed by atoms with Crippen molar-refractivity contribution in [2.45, 2.75) is 83.4 Å². The van der Waals surface area contributed by atoms with Gasteiger partial charge in [0.2, 0.25) is 11.8 Å². The minimum Gasteiger partial charge on any atom is -0.481 e. The molecular formula is C34H38F6N6O5. The van der Waals surface area contributed by atoms with Crippen molar-refractivity contribution in [3.63, 3.8) is 0 Å². The quantitative estimate of drug-likeness (QED) is 0.214. The molecule has 276 valence electrons. The van der Waals surface area contributed by atoms with Crippen molar-refractivity contribution in [1.82, 2.24) is 15.0 Å². The van der Waals surface area contributed by atoms with Gasteiger partial charge in [-0.2, -0.15) is 26.3 Å². The number of pyridine rings is 1. The number of halogens is 6. The number of carboxylic acids is 1. The molecule has 0 bridgehead atoms. The number of fused-ring (bicyclic) bond motifs is 1. The molecule has 1 fully saturated rings. The molecule has 4 heterocycles. The van der Waals surface area contributed by atoms with Crippen LogP contribution >= 0.6 is 0 Å². The van der Waals surface area contributed by atoms with Gasteiger partial charge in [0, 0.05) is 31.6 Å². The van der Waals surface area contributed by atoms with Gasteiger partial charge in [-0.25, -0.2) is 19.7 Å². The van der Waals surface area contributed by atoms with Crippen molar-refractivity contribution in [2.75, 3.05) is 35.3 Å². The maximum Gasteiger partial charge on any atom is 0.416 e. The molecule has 0 aliphatic carbocycles. The molecule has 0 spiro atoms. The lowest BCUT2D eigenvalue weighted by atomic mass is 9.93. The third-order valence-electron chi connectivity index (χ3n) is 8.91. The monoisotopic (exact) mass is 724 g/mol. The average Bonchev–Trinajstić information content (AvgIpc) is 3.06. The van der Waals surface area contributed by atoms with Crippen molar-refractivity contribution < 1.29 is 50.5 Å². The molecule has 51 heavy (non-hydrogen) atoms. The number of alkyl halides is 6. The lowest BCUT2D eigenvalue weighted by molar-refractivity contribution is -0.144. The molecule has 2 N–H and O–H groups in total. The highest BCUT2D eigenvalue weighted by molar-refractivity contribution is 5.90. The summed E-state index contributed by atoms with van der Waals surface area (Å²) >= 11 is 0. The fraction of sp³-hybridized carbons (Fsp3) is 0.500. The molecule has 2 atom stereocenters. The fourth-order valence-electron chi connectivity index (χ4n) is 6.40. The van der Waals surface area contributed by atoms with E-state index in [0.29, 0.717) is 42.0 Å². The SMILES string of the molecule is CC[C@@H]1C[C@H](Nc2ncc(N3CCC(C(=O)O)CC3)c(Cc3cc(C(F)(F)F)cc(C(F)(F)F)c3)n2)c2nc(OC)ccc2N1C(=O)OC(C)C. The molecule has 1 amide bonds. The van der Waals surface area contributed by atoms with Crippen molar-refractivity contribution in [3.8, 4) is 5.88 Å². The van der Waals surface area contributed by atoms with Gasteiger partial charge in [0.05, 0.1) is 65.3 Å². The summed E-state index contributed by atoms with van der Waals surface area (Å²) in [5.41, 5.74) is -1.81. The number of nitrogens with one attached hydrogen (secondary N) is 1. The second kappa shape index (κ2) is 14.8. The molecule has 0 unspecified atom stereocenters. The first kappa shape index (κ1) is 37.4. The van der Waals surface area contributed by atoms with Crippen LogP contribution in [0.5, 0.6) is 5.88 Å². The van der Waals surface area contributed by atoms with Gasteiger partial charge in [-0.05, 0) is 69.4 Å². The van der Waals surface area contributed by atoms with E-state index < -0.39 is 53.9 Å². The number of methoxy groups -OCH3 is 1. The van der Waals surface area contributed by atoms with Crippen LogP contribution in [0.25, 0.3) is 0 Å². The van der Waals surface area contributed by atoms with Crippen molar-refractivity contribution >= 4 is 29.4 Å². The minimum absolute atomic E-state index is 0.0193. The number of benzene rings is 1. The van der Waals surface area contributed by atoms with Gasteiger partial charge in [0.15, 0.2) is 0 Å². The summed E-state index contributed by atoms with van der Waals surface area (Å²) in [4.78, 5) is 41.8. The number of amides is 1. The van der Waals surface area contributed by atoms with E-state index in [4.69, 9.17) is 9.47 Å². The van der Waals surface area contributed by atoms with Crippen LogP contribution in [0, 0.1) is 5.92 Å². The predicted octanol–water partition coefficient (Wildman–Crippen LogP) is 7.50. The van der Waals surface area contributed by atoms with Crippen LogP contribution in [0.3, 0.4) is 0 Å². The lowest BCUT2D eigenvalue weighted by Crippen LogP contribution is -2.47. The zero-order valence-corrected chi connectivity index (χ0v) is 28.3. The van der Waals surface area contributed by atoms with Gasteiger partial charge in [-0.1, -0.05) is 6.92 Å². The summed E-state index contributed by atoms with van der Waals surface area (Å²) < 4.78 is 93.3. The number of carboxylic acid groups (broad SMARTS) is 1. The number of carbonyl (C=O) groups is 2. The second-order valence-electron chi connectivity index (χ2n) is 12.8. The Morgan fingerprint density at radius 2 is 1.65 bits per heavy atom. The molecule has 1 saturated heterocycles. The number of ether oxygens (including phenoxy) is 2. The van der Waals surface area contributed by atoms with E-state index in [1.807, 2.05) is 6.92 Å². The summed E-state index contributed by atoms with van der Waals surface area (Å²) in [7, 11) is 1.44. The van der Waals surface area contributed by atoms with Gasteiger partial charge >= 0.3 is 24.4 Å². The van der Waals surface area contributed by atoms with Crippen molar-refractivity contribution in [1.29, 1.82) is 0 Å². The summed E-state index contributed by atoms with van der Waals surface area (Å²) in [5.74, 6) is -1.26. The van der Waals surface area contributed by atoms with Gasteiger partial charge < -0.3 is 24.8 Å². The average molecular weight is 725 g/mol. The summed E-state index contributed by atoms with van der Waals surface area (Å²) in [5, 5.41) is 12.7. The maximum atomic E-state index is 13.7. The molecule has 5 rings (SSSR count). The zero-order valence-electron chi connectivity index (χ0n) is 28.3. The maximum absolute atomic E-state index is 13.7. The third kappa shape index (κ3) is 8.56. The highest BCUT2D eigenvalue weighted by Crippen LogP contribution is 2.41. The molecule has 2 aliphatic rings. The Bertz CT molecular complexity index is 1710. The topological polar surface area (TPSA) is 130 Å². The summed E-state index contributed by atoms with van der Waals surface area (Å²) in [6, 6.07) is 3.73. The molecule has 2 aliphatic heterocycles. The predicted molar refractivity (Wildman–Crippen MR) is 174 cm³/mol. The number of hydrogen-bond donors (Lipinski definition) is 2. The summed E-state index contributed by atoms with van der Waals surface area (Å²) in [6.07, 6.45) is -8.61. The molecule has 0 saturated carbocycles. The highest BCUT2D eigenvalue weighted by Gasteiger charge is 2.39. The Kier molecular flexibility index (Phi) is 10.9. The molecule has 17 heteroatoms. The molecule has 2 aromatic heterocycles. The van der Waals surface area contributed by atoms with Gasteiger partial charge in [0.1, 0.15) is 0 Å². The number of carbonyl (C=O) groups excluding carboxylic acids is 1. The number of rotatable bonds is 9. The van der Waals surface area contributed by atoms with E-state index in [-0.39, 0.29) is 67.2 Å². The number of hydrogen-bond acceptors (Lipinski definition) is 9. The van der Waals surface area contributed by atoms with Crippen LogP contribution in [-0.2, 0) is 28.3 Å². The number of aromatic nitrogens is 3. The first-order valence-electron chi connectivity index (χ1n) is 16.4. The molecule has 11 nitrogen and oxygen atoms in total. The van der Waals surface area contributed by atoms with E-state index in [2.05, 4.69) is 20.3 Å². The number of nitrogens with zero attached hydrogens (tertiary/aromatic N) is 5. The van der Waals surface area contributed by atoms with E-state index in [9.17, 15) is 41.0 Å². The lowest BCUT2D eigenvalue weighted by Gasteiger charge is -2.39. The van der Waals surface area contributed by atoms with Gasteiger partial charge in [-0.3, -0.25) is 9.69 Å². The Labute approximate surface area is 290 Å². The fourth-order valence-corrected chi connectivity index (χ4v) is 6.40. The molecule has 0 radical (unpaired) electrons. The molecular weight excluding hydrogens is 686 g/mol. The second-order valence-corrected chi connectivity index (χ2v) is 12.8. The number of piperidine rings is 1. The first-order chi connectivity index (χ1) is 24.0. The van der Waals surface area contributed by atoms with Crippen molar-refractivity contribution in [3.05, 3.63) is 64.6 Å². The van der Waals surface area contributed by atoms with E-state index >= 15 is 0 Å². The number of anilines is 3. The van der Waals surface area contributed by atoms with Crippen molar-refractivity contribution in [2.24, 2.45) is 5.92 Å². The van der Waals surface area contributed by atoms with Crippen LogP contribution in [0.4, 0.5) is 48.5 Å². The third-order valence-corrected chi connectivity index (χ3v) is 8.91. The van der Waals surface area contributed by atoms with Crippen LogP contribution in [0.1, 0.15) is 80.6 Å². The van der Waals surface area contributed by atoms with Gasteiger partial charge in [0.25, 0.3) is 0 Å². The van der Waals surface area contributed by atoms with Crippen LogP contribution < -0.4 is 19.9 Å². The normalized spacial score (nSPS) is 18.4. The smallest absolute Gasteiger partial charge is 0.416 e. The first-order valence-corrected chi connectivity index (χ1v) is 16.4. The van der Waals surface area contributed by atoms with E-state index in [1.54, 1.807) is 30.9 Å². The highest BCUT2D eigenvalue weighted by atomic mass is 19.4. The zero-order chi connectivity index (χ0) is 37.2. The Morgan fingerprint density at radius 1 is 1.00 bits per heavy atom. The summed E-state index contributed by atoms with van der Waals surface area (Å²) in [6.45, 7) is 5.89. The molecule has 3 aromatic rings. The van der Waals surface area contributed by atoms with E-state index in [1.165, 1.54) is 18.2 Å². The Morgan fingerprint density at radius 3 is 2.20 bits per heavy atom. The van der Waals surface area contributed by atoms with Crippen LogP contribution in [0.15, 0.2) is 36.5 Å². The minimum atomic E-state index is -5.04. The van der Waals surface area contributed by atoms with E-state index in [0.717, 1.165) is 0 Å². The molecule has 1 aromatic carbocycles.